The number of ether oxygens (including phenoxy) is 1. The molecule has 0 aromatic carbocycles. The Morgan fingerprint density at radius 1 is 1.32 bits per heavy atom. The molecule has 2 atom stereocenters. The molecule has 1 fully saturated rings. The number of carbonyl (C=O) groups excluding carboxylic acids is 2. The van der Waals surface area contributed by atoms with Gasteiger partial charge in [0.2, 0.25) is 0 Å². The number of rotatable bonds is 6. The van der Waals surface area contributed by atoms with Crippen molar-refractivity contribution in [1.82, 2.24) is 4.90 Å². The van der Waals surface area contributed by atoms with E-state index in [0.717, 1.165) is 24.8 Å². The van der Waals surface area contributed by atoms with Crippen LogP contribution in [0.4, 0.5) is 0 Å². The molecule has 6 nitrogen and oxygen atoms in total. The van der Waals surface area contributed by atoms with Crippen LogP contribution in [0.25, 0.3) is 0 Å². The van der Waals surface area contributed by atoms with E-state index in [0.29, 0.717) is 24.4 Å². The largest absolute Gasteiger partial charge is 0.452 e. The van der Waals surface area contributed by atoms with Crippen molar-refractivity contribution in [1.29, 1.82) is 0 Å². The number of carbonyl (C=O) groups is 2. The molecule has 1 aliphatic carbocycles. The predicted molar refractivity (Wildman–Crippen MR) is 109 cm³/mol. The van der Waals surface area contributed by atoms with E-state index in [4.69, 9.17) is 4.74 Å². The molecule has 1 saturated heterocycles. The van der Waals surface area contributed by atoms with E-state index < -0.39 is 15.8 Å². The van der Waals surface area contributed by atoms with Gasteiger partial charge >= 0.3 is 5.97 Å². The third kappa shape index (κ3) is 4.95. The molecule has 0 saturated carbocycles. The van der Waals surface area contributed by atoms with Gasteiger partial charge in [0, 0.05) is 22.8 Å². The minimum atomic E-state index is -3.09. The Kier molecular flexibility index (Phi) is 6.49. The highest BCUT2D eigenvalue weighted by atomic mass is 32.2. The quantitative estimate of drug-likeness (QED) is 0.652. The topological polar surface area (TPSA) is 80.8 Å². The monoisotopic (exact) mass is 427 g/mol. The fraction of sp³-hybridized carbons (Fsp3) is 0.700. The van der Waals surface area contributed by atoms with Gasteiger partial charge in [-0.15, -0.1) is 11.3 Å². The molecule has 0 spiro atoms. The van der Waals surface area contributed by atoms with Crippen LogP contribution in [0.2, 0.25) is 0 Å². The average molecular weight is 428 g/mol. The summed E-state index contributed by atoms with van der Waals surface area (Å²) in [6, 6.07) is -0.325. The molecule has 1 aliphatic heterocycles. The van der Waals surface area contributed by atoms with Crippen molar-refractivity contribution in [3.8, 4) is 0 Å². The summed E-state index contributed by atoms with van der Waals surface area (Å²) in [4.78, 5) is 28.1. The second-order valence-corrected chi connectivity index (χ2v) is 11.7. The molecular weight excluding hydrogens is 398 g/mol. The molecule has 0 radical (unpaired) electrons. The van der Waals surface area contributed by atoms with Crippen molar-refractivity contribution in [2.75, 3.05) is 24.7 Å². The highest BCUT2D eigenvalue weighted by Gasteiger charge is 2.35. The number of fused-ring (bicyclic) bond motifs is 1. The Balaban J connectivity index is 1.63. The van der Waals surface area contributed by atoms with Crippen LogP contribution in [0.1, 0.15) is 54.4 Å². The van der Waals surface area contributed by atoms with Crippen LogP contribution in [-0.2, 0) is 32.2 Å². The van der Waals surface area contributed by atoms with Gasteiger partial charge in [0.05, 0.1) is 17.1 Å². The molecule has 0 N–H and O–H groups in total. The average Bonchev–Trinajstić information content (AvgIpc) is 3.19. The van der Waals surface area contributed by atoms with E-state index in [1.807, 2.05) is 19.2 Å². The normalized spacial score (nSPS) is 23.4. The molecule has 1 amide bonds. The molecule has 156 valence electrons. The van der Waals surface area contributed by atoms with Gasteiger partial charge in [-0.05, 0) is 43.1 Å². The van der Waals surface area contributed by atoms with Gasteiger partial charge in [0.1, 0.15) is 0 Å². The van der Waals surface area contributed by atoms with Crippen LogP contribution >= 0.6 is 11.3 Å². The van der Waals surface area contributed by atoms with Gasteiger partial charge in [-0.1, -0.05) is 20.8 Å². The van der Waals surface area contributed by atoms with Gasteiger partial charge in [0.25, 0.3) is 5.91 Å². The predicted octanol–water partition coefficient (Wildman–Crippen LogP) is 2.70. The maximum Gasteiger partial charge on any atom is 0.339 e. The maximum absolute atomic E-state index is 12.7. The zero-order valence-electron chi connectivity index (χ0n) is 16.8. The number of sulfone groups is 1. The van der Waals surface area contributed by atoms with Crippen LogP contribution in [0, 0.1) is 11.8 Å². The van der Waals surface area contributed by atoms with Gasteiger partial charge in [-0.3, -0.25) is 4.79 Å². The Morgan fingerprint density at radius 3 is 2.71 bits per heavy atom. The van der Waals surface area contributed by atoms with Crippen molar-refractivity contribution in [3.05, 3.63) is 21.4 Å². The highest BCUT2D eigenvalue weighted by Crippen LogP contribution is 2.33. The number of esters is 1. The number of hydrogen-bond acceptors (Lipinski definition) is 6. The summed E-state index contributed by atoms with van der Waals surface area (Å²) in [5, 5.41) is 1.84. The van der Waals surface area contributed by atoms with Crippen molar-refractivity contribution >= 4 is 33.1 Å². The fourth-order valence-electron chi connectivity index (χ4n) is 4.01. The van der Waals surface area contributed by atoms with E-state index >= 15 is 0 Å². The lowest BCUT2D eigenvalue weighted by Crippen LogP contribution is -2.45. The lowest BCUT2D eigenvalue weighted by atomic mass is 9.88. The van der Waals surface area contributed by atoms with Crippen LogP contribution in [0.3, 0.4) is 0 Å². The second kappa shape index (κ2) is 8.53. The SMILES string of the molecule is CC(C)CN(C(=O)COC(=O)c1csc2c1CC[C@H](C)C2)[C@@H]1CCS(=O)(=O)C1. The molecule has 3 rings (SSSR count). The summed E-state index contributed by atoms with van der Waals surface area (Å²) in [5.74, 6) is 0.164. The Labute approximate surface area is 171 Å². The summed E-state index contributed by atoms with van der Waals surface area (Å²) in [6.45, 7) is 6.29. The van der Waals surface area contributed by atoms with Crippen molar-refractivity contribution < 1.29 is 22.7 Å². The first kappa shape index (κ1) is 21.3. The van der Waals surface area contributed by atoms with Crippen molar-refractivity contribution in [2.24, 2.45) is 11.8 Å². The standard InChI is InChI=1S/C20H29NO5S2/c1-13(2)9-21(15-6-7-28(24,25)12-15)19(22)10-26-20(23)17-11-27-18-8-14(3)4-5-16(17)18/h11,13-15H,4-10,12H2,1-3H3/t14-,15+/m0/s1. The molecule has 0 bridgehead atoms. The molecule has 28 heavy (non-hydrogen) atoms. The zero-order chi connectivity index (χ0) is 20.5. The number of thiophene rings is 1. The number of hydrogen-bond donors (Lipinski definition) is 0. The van der Waals surface area contributed by atoms with E-state index in [9.17, 15) is 18.0 Å². The van der Waals surface area contributed by atoms with Crippen LogP contribution in [-0.4, -0.2) is 55.9 Å². The third-order valence-electron chi connectivity index (χ3n) is 5.48. The van der Waals surface area contributed by atoms with Gasteiger partial charge < -0.3 is 9.64 Å². The Bertz CT molecular complexity index is 843. The Hall–Kier alpha value is -1.41. The van der Waals surface area contributed by atoms with Crippen molar-refractivity contribution in [2.45, 2.75) is 52.5 Å². The first-order chi connectivity index (χ1) is 13.2. The van der Waals surface area contributed by atoms with Gasteiger partial charge in [-0.2, -0.15) is 0 Å². The first-order valence-electron chi connectivity index (χ1n) is 9.92. The number of amides is 1. The highest BCUT2D eigenvalue weighted by molar-refractivity contribution is 7.91. The molecule has 0 unspecified atom stereocenters. The van der Waals surface area contributed by atoms with E-state index in [1.54, 1.807) is 16.2 Å². The summed E-state index contributed by atoms with van der Waals surface area (Å²) in [5.41, 5.74) is 1.65. The van der Waals surface area contributed by atoms with Crippen molar-refractivity contribution in [3.63, 3.8) is 0 Å². The van der Waals surface area contributed by atoms with E-state index in [-0.39, 0.29) is 36.0 Å². The maximum atomic E-state index is 12.7. The van der Waals surface area contributed by atoms with Crippen LogP contribution in [0.15, 0.2) is 5.38 Å². The number of nitrogens with zero attached hydrogens (tertiary/aromatic N) is 1. The van der Waals surface area contributed by atoms with E-state index in [1.165, 1.54) is 4.88 Å². The summed E-state index contributed by atoms with van der Waals surface area (Å²) < 4.78 is 29.0. The molecular formula is C20H29NO5S2. The fourth-order valence-corrected chi connectivity index (χ4v) is 6.97. The molecule has 1 aromatic rings. The molecule has 1 aromatic heterocycles. The van der Waals surface area contributed by atoms with Gasteiger partial charge in [-0.25, -0.2) is 13.2 Å². The first-order valence-corrected chi connectivity index (χ1v) is 12.6. The minimum Gasteiger partial charge on any atom is -0.452 e. The van der Waals surface area contributed by atoms with E-state index in [2.05, 4.69) is 6.92 Å². The third-order valence-corrected chi connectivity index (χ3v) is 8.28. The minimum absolute atomic E-state index is 0.00434. The summed E-state index contributed by atoms with van der Waals surface area (Å²) in [6.07, 6.45) is 3.37. The Morgan fingerprint density at radius 2 is 2.07 bits per heavy atom. The summed E-state index contributed by atoms with van der Waals surface area (Å²) in [7, 11) is -3.09. The molecule has 2 aliphatic rings. The smallest absolute Gasteiger partial charge is 0.339 e. The summed E-state index contributed by atoms with van der Waals surface area (Å²) >= 11 is 1.59. The van der Waals surface area contributed by atoms with Gasteiger partial charge in [0.15, 0.2) is 16.4 Å². The van der Waals surface area contributed by atoms with Crippen LogP contribution < -0.4 is 0 Å². The molecule has 8 heteroatoms. The second-order valence-electron chi connectivity index (χ2n) is 8.47. The lowest BCUT2D eigenvalue weighted by molar-refractivity contribution is -0.137. The van der Waals surface area contributed by atoms with Crippen LogP contribution in [0.5, 0.6) is 0 Å². The zero-order valence-corrected chi connectivity index (χ0v) is 18.4. The molecule has 2 heterocycles. The lowest BCUT2D eigenvalue weighted by Gasteiger charge is -2.29.